The average molecular weight is 205 g/mol. The first kappa shape index (κ1) is 9.92. The van der Waals surface area contributed by atoms with Crippen molar-refractivity contribution in [1.29, 1.82) is 0 Å². The highest BCUT2D eigenvalue weighted by Crippen LogP contribution is 2.18. The van der Waals surface area contributed by atoms with Crippen LogP contribution in [0.5, 0.6) is 0 Å². The minimum atomic E-state index is 0.601. The highest BCUT2D eigenvalue weighted by molar-refractivity contribution is 5.83. The average Bonchev–Trinajstić information content (AvgIpc) is 2.52. The molecule has 5 heteroatoms. The van der Waals surface area contributed by atoms with E-state index in [4.69, 9.17) is 5.73 Å². The molecule has 0 aliphatic rings. The predicted octanol–water partition coefficient (Wildman–Crippen LogP) is 0.647. The highest BCUT2D eigenvalue weighted by Gasteiger charge is 2.05. The number of rotatable bonds is 3. The molecule has 0 saturated heterocycles. The molecule has 0 radical (unpaired) electrons. The molecule has 80 valence electrons. The van der Waals surface area contributed by atoms with Crippen LogP contribution in [-0.4, -0.2) is 27.9 Å². The SMILES string of the molecule is Cc1nn(C)c2cc(NCCN)ncc12. The second-order valence-corrected chi connectivity index (χ2v) is 3.51. The maximum atomic E-state index is 5.42. The number of nitrogens with zero attached hydrogens (tertiary/aromatic N) is 3. The van der Waals surface area contributed by atoms with Crippen molar-refractivity contribution in [2.45, 2.75) is 6.92 Å². The molecule has 0 spiro atoms. The lowest BCUT2D eigenvalue weighted by molar-refractivity contribution is 0.783. The van der Waals surface area contributed by atoms with Gasteiger partial charge in [-0.05, 0) is 6.92 Å². The lowest BCUT2D eigenvalue weighted by atomic mass is 10.2. The van der Waals surface area contributed by atoms with Gasteiger partial charge in [-0.2, -0.15) is 5.10 Å². The fraction of sp³-hybridized carbons (Fsp3) is 0.400. The Balaban J connectivity index is 2.41. The third-order valence-electron chi connectivity index (χ3n) is 2.37. The number of nitrogens with one attached hydrogen (secondary N) is 1. The number of fused-ring (bicyclic) bond motifs is 1. The van der Waals surface area contributed by atoms with Crippen molar-refractivity contribution in [1.82, 2.24) is 14.8 Å². The van der Waals surface area contributed by atoms with E-state index in [9.17, 15) is 0 Å². The molecular formula is C10H15N5. The molecule has 0 amide bonds. The molecule has 0 aliphatic heterocycles. The van der Waals surface area contributed by atoms with E-state index in [1.807, 2.05) is 30.9 Å². The van der Waals surface area contributed by atoms with Crippen LogP contribution in [0.3, 0.4) is 0 Å². The van der Waals surface area contributed by atoms with Gasteiger partial charge in [0.25, 0.3) is 0 Å². The highest BCUT2D eigenvalue weighted by atomic mass is 15.3. The third kappa shape index (κ3) is 1.78. The van der Waals surface area contributed by atoms with Gasteiger partial charge in [0.1, 0.15) is 5.82 Å². The van der Waals surface area contributed by atoms with Crippen LogP contribution in [0.15, 0.2) is 12.3 Å². The first-order chi connectivity index (χ1) is 7.22. The van der Waals surface area contributed by atoms with Crippen molar-refractivity contribution in [3.63, 3.8) is 0 Å². The molecule has 0 bridgehead atoms. The van der Waals surface area contributed by atoms with Crippen LogP contribution in [0.25, 0.3) is 10.9 Å². The van der Waals surface area contributed by atoms with E-state index in [-0.39, 0.29) is 0 Å². The summed E-state index contributed by atoms with van der Waals surface area (Å²) in [6, 6.07) is 1.99. The number of nitrogens with two attached hydrogens (primary N) is 1. The summed E-state index contributed by atoms with van der Waals surface area (Å²) in [4.78, 5) is 4.30. The smallest absolute Gasteiger partial charge is 0.128 e. The second kappa shape index (κ2) is 3.86. The normalized spacial score (nSPS) is 10.9. The number of anilines is 1. The molecule has 0 atom stereocenters. The summed E-state index contributed by atoms with van der Waals surface area (Å²) in [5.41, 5.74) is 7.51. The number of aromatic nitrogens is 3. The fourth-order valence-corrected chi connectivity index (χ4v) is 1.62. The second-order valence-electron chi connectivity index (χ2n) is 3.51. The Labute approximate surface area is 88.3 Å². The third-order valence-corrected chi connectivity index (χ3v) is 2.37. The zero-order valence-electron chi connectivity index (χ0n) is 8.99. The lowest BCUT2D eigenvalue weighted by Gasteiger charge is -2.03. The summed E-state index contributed by atoms with van der Waals surface area (Å²) in [7, 11) is 1.93. The summed E-state index contributed by atoms with van der Waals surface area (Å²) >= 11 is 0. The zero-order chi connectivity index (χ0) is 10.8. The Kier molecular flexibility index (Phi) is 2.55. The first-order valence-electron chi connectivity index (χ1n) is 4.95. The van der Waals surface area contributed by atoms with E-state index in [0.717, 1.165) is 29.0 Å². The van der Waals surface area contributed by atoms with Gasteiger partial charge in [0.15, 0.2) is 0 Å². The van der Waals surface area contributed by atoms with E-state index in [1.165, 1.54) is 0 Å². The minimum Gasteiger partial charge on any atom is -0.369 e. The van der Waals surface area contributed by atoms with E-state index < -0.39 is 0 Å². The molecule has 2 rings (SSSR count). The monoisotopic (exact) mass is 205 g/mol. The molecule has 0 aliphatic carbocycles. The molecule has 5 nitrogen and oxygen atoms in total. The van der Waals surface area contributed by atoms with Crippen LogP contribution in [-0.2, 0) is 7.05 Å². The van der Waals surface area contributed by atoms with Crippen LogP contribution < -0.4 is 11.1 Å². The molecular weight excluding hydrogens is 190 g/mol. The fourth-order valence-electron chi connectivity index (χ4n) is 1.62. The summed E-state index contributed by atoms with van der Waals surface area (Å²) in [5, 5.41) is 8.57. The number of hydrogen-bond donors (Lipinski definition) is 2. The van der Waals surface area contributed by atoms with Crippen LogP contribution in [0.1, 0.15) is 5.69 Å². The van der Waals surface area contributed by atoms with E-state index in [2.05, 4.69) is 15.4 Å². The topological polar surface area (TPSA) is 68.8 Å². The van der Waals surface area contributed by atoms with Gasteiger partial charge in [0, 0.05) is 37.8 Å². The summed E-state index contributed by atoms with van der Waals surface area (Å²) in [6.45, 7) is 3.32. The largest absolute Gasteiger partial charge is 0.369 e. The van der Waals surface area contributed by atoms with Gasteiger partial charge in [-0.15, -0.1) is 0 Å². The van der Waals surface area contributed by atoms with Gasteiger partial charge in [0.2, 0.25) is 0 Å². The summed E-state index contributed by atoms with van der Waals surface area (Å²) < 4.78 is 1.86. The Morgan fingerprint density at radius 3 is 3.07 bits per heavy atom. The van der Waals surface area contributed by atoms with Crippen molar-refractivity contribution >= 4 is 16.7 Å². The van der Waals surface area contributed by atoms with Gasteiger partial charge >= 0.3 is 0 Å². The maximum absolute atomic E-state index is 5.42. The van der Waals surface area contributed by atoms with Gasteiger partial charge in [-0.1, -0.05) is 0 Å². The Morgan fingerprint density at radius 1 is 1.53 bits per heavy atom. The molecule has 2 aromatic rings. The maximum Gasteiger partial charge on any atom is 0.128 e. The van der Waals surface area contributed by atoms with E-state index in [0.29, 0.717) is 6.54 Å². The molecule has 3 N–H and O–H groups in total. The molecule has 15 heavy (non-hydrogen) atoms. The lowest BCUT2D eigenvalue weighted by Crippen LogP contribution is -2.13. The molecule has 2 aromatic heterocycles. The Bertz CT molecular complexity index is 474. The number of hydrogen-bond acceptors (Lipinski definition) is 4. The molecule has 0 aromatic carbocycles. The minimum absolute atomic E-state index is 0.601. The van der Waals surface area contributed by atoms with E-state index in [1.54, 1.807) is 0 Å². The van der Waals surface area contributed by atoms with Crippen LogP contribution in [0, 0.1) is 6.92 Å². The van der Waals surface area contributed by atoms with Crippen LogP contribution >= 0.6 is 0 Å². The number of pyridine rings is 1. The standard InChI is InChI=1S/C10H15N5/c1-7-8-6-13-10(12-4-3-11)5-9(8)15(2)14-7/h5-6H,3-4,11H2,1-2H3,(H,12,13). The quantitative estimate of drug-likeness (QED) is 0.772. The Hall–Kier alpha value is -1.62. The Morgan fingerprint density at radius 2 is 2.33 bits per heavy atom. The number of aryl methyl sites for hydroxylation is 2. The van der Waals surface area contributed by atoms with Gasteiger partial charge < -0.3 is 11.1 Å². The van der Waals surface area contributed by atoms with Crippen molar-refractivity contribution < 1.29 is 0 Å². The van der Waals surface area contributed by atoms with Crippen molar-refractivity contribution in [2.24, 2.45) is 12.8 Å². The summed E-state index contributed by atoms with van der Waals surface area (Å²) in [5.74, 6) is 0.843. The first-order valence-corrected chi connectivity index (χ1v) is 4.95. The van der Waals surface area contributed by atoms with Crippen molar-refractivity contribution in [3.05, 3.63) is 18.0 Å². The van der Waals surface area contributed by atoms with Crippen LogP contribution in [0.2, 0.25) is 0 Å². The van der Waals surface area contributed by atoms with Crippen molar-refractivity contribution in [3.8, 4) is 0 Å². The predicted molar refractivity (Wildman–Crippen MR) is 60.8 cm³/mol. The molecule has 0 saturated carbocycles. The zero-order valence-corrected chi connectivity index (χ0v) is 8.99. The molecule has 2 heterocycles. The van der Waals surface area contributed by atoms with Crippen molar-refractivity contribution in [2.75, 3.05) is 18.4 Å². The van der Waals surface area contributed by atoms with Crippen LogP contribution in [0.4, 0.5) is 5.82 Å². The molecule has 0 unspecified atom stereocenters. The summed E-state index contributed by atoms with van der Waals surface area (Å²) in [6.07, 6.45) is 1.84. The van der Waals surface area contributed by atoms with E-state index >= 15 is 0 Å². The van der Waals surface area contributed by atoms with Gasteiger partial charge in [-0.25, -0.2) is 4.98 Å². The van der Waals surface area contributed by atoms with Gasteiger partial charge in [-0.3, -0.25) is 4.68 Å². The molecule has 0 fully saturated rings. The van der Waals surface area contributed by atoms with Gasteiger partial charge in [0.05, 0.1) is 11.2 Å².